The second-order valence-electron chi connectivity index (χ2n) is 2.65. The van der Waals surface area contributed by atoms with E-state index >= 15 is 0 Å². The first-order valence-corrected chi connectivity index (χ1v) is 5.18. The molecule has 1 heterocycles. The zero-order chi connectivity index (χ0) is 8.93. The maximum absolute atomic E-state index is 4.26. The summed E-state index contributed by atoms with van der Waals surface area (Å²) in [6, 6.07) is 9.99. The van der Waals surface area contributed by atoms with Crippen molar-refractivity contribution in [2.45, 2.75) is 0 Å². The Morgan fingerprint density at radius 1 is 1.14 bits per heavy atom. The number of nitrogens with one attached hydrogen (secondary N) is 2. The van der Waals surface area contributed by atoms with Gasteiger partial charge in [0.2, 0.25) is 0 Å². The zero-order valence-electron chi connectivity index (χ0n) is 7.56. The van der Waals surface area contributed by atoms with Gasteiger partial charge in [-0.3, -0.25) is 15.8 Å². The second-order valence-corrected chi connectivity index (χ2v) is 3.73. The van der Waals surface area contributed by atoms with Crippen LogP contribution in [0.5, 0.6) is 0 Å². The number of hydrogen-bond donors (Lipinski definition) is 2. The molecule has 0 saturated carbocycles. The molecule has 2 rings (SSSR count). The lowest BCUT2D eigenvalue weighted by molar-refractivity contribution is 1.10. The minimum atomic E-state index is 0. The van der Waals surface area contributed by atoms with Gasteiger partial charge in [-0.25, -0.2) is 0 Å². The molecular weight excluding hydrogens is 262 g/mol. The number of benzene rings is 1. The second kappa shape index (κ2) is 5.93. The predicted molar refractivity (Wildman–Crippen MR) is 68.3 cm³/mol. The molecule has 0 fully saturated rings. The lowest BCUT2D eigenvalue weighted by atomic mass is 10.3. The highest BCUT2D eigenvalue weighted by atomic mass is 79.9. The summed E-state index contributed by atoms with van der Waals surface area (Å²) in [4.78, 5) is 4.26. The van der Waals surface area contributed by atoms with Crippen LogP contribution in [0.2, 0.25) is 0 Å². The van der Waals surface area contributed by atoms with Gasteiger partial charge in [0.1, 0.15) is 0 Å². The molecule has 1 aromatic rings. The average Bonchev–Trinajstić information content (AvgIpc) is 2.69. The van der Waals surface area contributed by atoms with Gasteiger partial charge in [-0.15, -0.1) is 17.0 Å². The Hall–Kier alpha value is -0.680. The van der Waals surface area contributed by atoms with Crippen molar-refractivity contribution in [3.05, 3.63) is 30.3 Å². The third-order valence-electron chi connectivity index (χ3n) is 1.67. The SMILES string of the molecule is Br.c1ccc(NNC2=NCCS2)cc1. The molecule has 5 heteroatoms. The van der Waals surface area contributed by atoms with Gasteiger partial charge in [-0.05, 0) is 12.1 Å². The fraction of sp³-hybridized carbons (Fsp3) is 0.222. The Morgan fingerprint density at radius 3 is 2.57 bits per heavy atom. The maximum atomic E-state index is 4.26. The molecule has 0 atom stereocenters. The van der Waals surface area contributed by atoms with Crippen LogP contribution in [0.4, 0.5) is 5.69 Å². The summed E-state index contributed by atoms with van der Waals surface area (Å²) in [5.41, 5.74) is 7.20. The number of rotatable bonds is 2. The maximum Gasteiger partial charge on any atom is 0.175 e. The van der Waals surface area contributed by atoms with E-state index in [1.807, 2.05) is 30.3 Å². The van der Waals surface area contributed by atoms with Gasteiger partial charge >= 0.3 is 0 Å². The first-order valence-electron chi connectivity index (χ1n) is 4.19. The summed E-state index contributed by atoms with van der Waals surface area (Å²) >= 11 is 1.74. The van der Waals surface area contributed by atoms with E-state index in [1.54, 1.807) is 11.8 Å². The summed E-state index contributed by atoms with van der Waals surface area (Å²) in [6.07, 6.45) is 0. The Kier molecular flexibility index (Phi) is 4.82. The number of aliphatic imine (C=N–C) groups is 1. The van der Waals surface area contributed by atoms with E-state index in [1.165, 1.54) is 0 Å². The molecule has 0 radical (unpaired) electrons. The summed E-state index contributed by atoms with van der Waals surface area (Å²) < 4.78 is 0. The number of para-hydroxylation sites is 1. The van der Waals surface area contributed by atoms with Crippen LogP contribution in [-0.4, -0.2) is 17.5 Å². The highest BCUT2D eigenvalue weighted by molar-refractivity contribution is 8.93. The minimum absolute atomic E-state index is 0. The van der Waals surface area contributed by atoms with Gasteiger partial charge in [0.15, 0.2) is 5.17 Å². The van der Waals surface area contributed by atoms with Crippen molar-refractivity contribution < 1.29 is 0 Å². The topological polar surface area (TPSA) is 36.4 Å². The molecule has 0 spiro atoms. The Morgan fingerprint density at radius 2 is 1.93 bits per heavy atom. The lowest BCUT2D eigenvalue weighted by Crippen LogP contribution is -2.25. The summed E-state index contributed by atoms with van der Waals surface area (Å²) in [5, 5.41) is 0.976. The van der Waals surface area contributed by atoms with E-state index in [9.17, 15) is 0 Å². The Bertz CT molecular complexity index is 302. The lowest BCUT2D eigenvalue weighted by Gasteiger charge is -2.07. The van der Waals surface area contributed by atoms with Crippen molar-refractivity contribution in [2.75, 3.05) is 17.7 Å². The Balaban J connectivity index is 0.000000980. The van der Waals surface area contributed by atoms with Gasteiger partial charge in [0, 0.05) is 5.75 Å². The van der Waals surface area contributed by atoms with Crippen molar-refractivity contribution >= 4 is 39.6 Å². The number of amidine groups is 1. The monoisotopic (exact) mass is 273 g/mol. The largest absolute Gasteiger partial charge is 0.299 e. The molecule has 0 bridgehead atoms. The molecule has 0 aromatic heterocycles. The average molecular weight is 274 g/mol. The first-order chi connectivity index (χ1) is 6.45. The molecular formula is C9H12BrN3S. The smallest absolute Gasteiger partial charge is 0.175 e. The summed E-state index contributed by atoms with van der Waals surface area (Å²) in [5.74, 6) is 1.08. The van der Waals surface area contributed by atoms with Gasteiger partial charge in [0.05, 0.1) is 12.2 Å². The van der Waals surface area contributed by atoms with Crippen molar-refractivity contribution in [1.29, 1.82) is 0 Å². The van der Waals surface area contributed by atoms with Gasteiger partial charge in [-0.1, -0.05) is 30.0 Å². The van der Waals surface area contributed by atoms with E-state index in [-0.39, 0.29) is 17.0 Å². The van der Waals surface area contributed by atoms with E-state index < -0.39 is 0 Å². The van der Waals surface area contributed by atoms with E-state index in [2.05, 4.69) is 15.8 Å². The molecule has 0 aliphatic carbocycles. The van der Waals surface area contributed by atoms with E-state index in [0.29, 0.717) is 0 Å². The van der Waals surface area contributed by atoms with Crippen LogP contribution < -0.4 is 10.9 Å². The van der Waals surface area contributed by atoms with Crippen LogP contribution in [0.3, 0.4) is 0 Å². The molecule has 3 nitrogen and oxygen atoms in total. The number of nitrogens with zero attached hydrogens (tertiary/aromatic N) is 1. The fourth-order valence-corrected chi connectivity index (χ4v) is 1.74. The number of anilines is 1. The standard InChI is InChI=1S/C9H11N3S.BrH/c1-2-4-8(5-3-1)11-12-9-10-6-7-13-9;/h1-5,11H,6-7H2,(H,10,12);1H. The molecule has 0 saturated heterocycles. The highest BCUT2D eigenvalue weighted by Gasteiger charge is 2.04. The van der Waals surface area contributed by atoms with Gasteiger partial charge in [-0.2, -0.15) is 0 Å². The molecule has 0 unspecified atom stereocenters. The van der Waals surface area contributed by atoms with Crippen LogP contribution in [0.25, 0.3) is 0 Å². The van der Waals surface area contributed by atoms with Crippen LogP contribution in [-0.2, 0) is 0 Å². The van der Waals surface area contributed by atoms with Crippen LogP contribution in [0.15, 0.2) is 35.3 Å². The number of hydrogen-bond acceptors (Lipinski definition) is 4. The quantitative estimate of drug-likeness (QED) is 0.812. The predicted octanol–water partition coefficient (Wildman–Crippen LogP) is 2.28. The van der Waals surface area contributed by atoms with E-state index in [4.69, 9.17) is 0 Å². The van der Waals surface area contributed by atoms with Crippen LogP contribution in [0.1, 0.15) is 0 Å². The molecule has 1 aromatic carbocycles. The normalized spacial score (nSPS) is 14.1. The molecule has 76 valence electrons. The number of thioether (sulfide) groups is 1. The van der Waals surface area contributed by atoms with Gasteiger partial charge < -0.3 is 0 Å². The molecule has 0 amide bonds. The summed E-state index contributed by atoms with van der Waals surface area (Å²) in [6.45, 7) is 0.920. The zero-order valence-corrected chi connectivity index (χ0v) is 10.1. The first kappa shape index (κ1) is 11.4. The molecule has 1 aliphatic rings. The Labute approximate surface area is 98.1 Å². The molecule has 1 aliphatic heterocycles. The summed E-state index contributed by atoms with van der Waals surface area (Å²) in [7, 11) is 0. The van der Waals surface area contributed by atoms with Crippen molar-refractivity contribution in [3.8, 4) is 0 Å². The van der Waals surface area contributed by atoms with Crippen molar-refractivity contribution in [3.63, 3.8) is 0 Å². The third kappa shape index (κ3) is 3.23. The van der Waals surface area contributed by atoms with Crippen LogP contribution >= 0.6 is 28.7 Å². The molecule has 14 heavy (non-hydrogen) atoms. The van der Waals surface area contributed by atoms with Crippen molar-refractivity contribution in [2.24, 2.45) is 4.99 Å². The minimum Gasteiger partial charge on any atom is -0.299 e. The highest BCUT2D eigenvalue weighted by Crippen LogP contribution is 2.09. The molecule has 2 N–H and O–H groups in total. The van der Waals surface area contributed by atoms with Crippen LogP contribution in [0, 0.1) is 0 Å². The number of hydrazine groups is 1. The number of halogens is 1. The van der Waals surface area contributed by atoms with Crippen molar-refractivity contribution in [1.82, 2.24) is 5.43 Å². The third-order valence-corrected chi connectivity index (χ3v) is 2.56. The van der Waals surface area contributed by atoms with Gasteiger partial charge in [0.25, 0.3) is 0 Å². The van der Waals surface area contributed by atoms with E-state index in [0.717, 1.165) is 23.2 Å². The fourth-order valence-electron chi connectivity index (χ4n) is 1.06.